The summed E-state index contributed by atoms with van der Waals surface area (Å²) in [7, 11) is 0. The molecule has 0 unspecified atom stereocenters. The maximum absolute atomic E-state index is 9.86. The van der Waals surface area contributed by atoms with Gasteiger partial charge in [-0.05, 0) is 120 Å². The zero-order chi connectivity index (χ0) is 44.5. The first kappa shape index (κ1) is 31.7. The van der Waals surface area contributed by atoms with Gasteiger partial charge >= 0.3 is 0 Å². The minimum Gasteiger partial charge on any atom is -0.455 e. The summed E-state index contributed by atoms with van der Waals surface area (Å²) in [5.41, 5.74) is 9.80. The van der Waals surface area contributed by atoms with Gasteiger partial charge < -0.3 is 9.32 Å². The number of nitrogens with zero attached hydrogens (tertiary/aromatic N) is 1. The van der Waals surface area contributed by atoms with Gasteiger partial charge in [-0.25, -0.2) is 0 Å². The number of hydrogen-bond acceptors (Lipinski definition) is 2. The minimum absolute atomic E-state index is 0.120. The molecule has 12 rings (SSSR count). The van der Waals surface area contributed by atoms with Crippen molar-refractivity contribution in [3.63, 3.8) is 0 Å². The lowest BCUT2D eigenvalue weighted by atomic mass is 9.94. The number of fused-ring (bicyclic) bond motifs is 7. The van der Waals surface area contributed by atoms with Crippen molar-refractivity contribution in [2.24, 2.45) is 0 Å². The first-order valence-electron chi connectivity index (χ1n) is 22.9. The molecule has 62 heavy (non-hydrogen) atoms. The largest absolute Gasteiger partial charge is 0.455 e. The molecule has 0 saturated heterocycles. The van der Waals surface area contributed by atoms with Gasteiger partial charge in [0, 0.05) is 33.1 Å². The van der Waals surface area contributed by atoms with Crippen LogP contribution in [0.3, 0.4) is 0 Å². The molecular weight excluding hydrogens is 751 g/mol. The molecular formula is C60H39NO. The first-order valence-corrected chi connectivity index (χ1v) is 20.9. The lowest BCUT2D eigenvalue weighted by Gasteiger charge is -2.28. The lowest BCUT2D eigenvalue weighted by molar-refractivity contribution is 0.673. The fourth-order valence-electron chi connectivity index (χ4n) is 9.11. The molecule has 0 N–H and O–H groups in total. The Balaban J connectivity index is 1.06. The number of para-hydroxylation sites is 2. The second-order valence-electron chi connectivity index (χ2n) is 15.7. The molecule has 0 atom stereocenters. The van der Waals surface area contributed by atoms with Crippen molar-refractivity contribution in [1.29, 1.82) is 0 Å². The smallest absolute Gasteiger partial charge is 0.143 e. The number of hydrogen-bond donors (Lipinski definition) is 0. The Hall–Kier alpha value is -8.20. The van der Waals surface area contributed by atoms with Gasteiger partial charge in [0.2, 0.25) is 0 Å². The third-order valence-corrected chi connectivity index (χ3v) is 12.1. The van der Waals surface area contributed by atoms with E-state index in [9.17, 15) is 5.48 Å². The van der Waals surface area contributed by atoms with Crippen molar-refractivity contribution < 1.29 is 9.90 Å². The zero-order valence-corrected chi connectivity index (χ0v) is 33.6. The number of furan rings is 1. The Kier molecular flexibility index (Phi) is 7.57. The van der Waals surface area contributed by atoms with Gasteiger partial charge in [-0.15, -0.1) is 0 Å². The monoisotopic (exact) mass is 793 g/mol. The van der Waals surface area contributed by atoms with E-state index in [0.29, 0.717) is 16.9 Å². The highest BCUT2D eigenvalue weighted by molar-refractivity contribution is 6.19. The SMILES string of the molecule is [2H]c1c([2H])c(N(c2ccc(-c3ccc4ccccc4c3)cc2)c2ccccc2-c2cccc3ccc4c5ccccc5oc4c23)c([2H])c([2H])c1-c1cccc(-c2cccc3ccccc23)c1. The summed E-state index contributed by atoms with van der Waals surface area (Å²) in [5, 5.41) is 8.55. The predicted molar refractivity (Wildman–Crippen MR) is 263 cm³/mol. The van der Waals surface area contributed by atoms with Crippen LogP contribution in [0.5, 0.6) is 0 Å². The van der Waals surface area contributed by atoms with Crippen LogP contribution in [0.25, 0.3) is 98.8 Å². The Labute approximate surface area is 365 Å². The Morgan fingerprint density at radius 3 is 1.82 bits per heavy atom. The standard InChI is InChI=1S/C60H39NO/c1-2-14-45-38-47(27-26-40(45)12-1)42-30-35-50(36-31-42)61(49-33-28-41(29-34-49)46-17-9-18-48(39-46)52-22-10-15-43-13-3-4-19-51(43)52)57-24-7-5-20-53(57)55-23-11-16-44-32-37-56-54-21-6-8-25-58(54)62-60(56)59(44)55/h1-39H/i28D,29D,33D,34D. The lowest BCUT2D eigenvalue weighted by Crippen LogP contribution is -2.11. The van der Waals surface area contributed by atoms with E-state index >= 15 is 0 Å². The average Bonchev–Trinajstić information content (AvgIpc) is 3.76. The molecule has 11 aromatic carbocycles. The quantitative estimate of drug-likeness (QED) is 0.160. The average molecular weight is 794 g/mol. The Morgan fingerprint density at radius 1 is 0.339 bits per heavy atom. The second kappa shape index (κ2) is 14.8. The number of rotatable bonds is 7. The molecule has 0 fully saturated rings. The molecule has 290 valence electrons. The van der Waals surface area contributed by atoms with E-state index in [4.69, 9.17) is 4.42 Å². The van der Waals surface area contributed by atoms with Gasteiger partial charge in [0.15, 0.2) is 0 Å². The van der Waals surface area contributed by atoms with Crippen molar-refractivity contribution in [2.45, 2.75) is 0 Å². The van der Waals surface area contributed by atoms with Gasteiger partial charge in [-0.3, -0.25) is 0 Å². The molecule has 0 spiro atoms. The van der Waals surface area contributed by atoms with E-state index in [-0.39, 0.29) is 35.4 Å². The predicted octanol–water partition coefficient (Wildman–Crippen LogP) is 17.2. The van der Waals surface area contributed by atoms with Gasteiger partial charge in [0.05, 0.1) is 11.2 Å². The van der Waals surface area contributed by atoms with Crippen LogP contribution < -0.4 is 4.90 Å². The summed E-state index contributed by atoms with van der Waals surface area (Å²) in [6, 6.07) is 71.2. The van der Waals surface area contributed by atoms with Gasteiger partial charge in [0.1, 0.15) is 11.2 Å². The number of anilines is 3. The molecule has 1 heterocycles. The maximum atomic E-state index is 9.86. The molecule has 0 saturated carbocycles. The van der Waals surface area contributed by atoms with Gasteiger partial charge in [-0.1, -0.05) is 182 Å². The molecule has 0 bridgehead atoms. The normalized spacial score (nSPS) is 12.5. The summed E-state index contributed by atoms with van der Waals surface area (Å²) < 4.78 is 45.7. The Morgan fingerprint density at radius 2 is 0.952 bits per heavy atom. The van der Waals surface area contributed by atoms with E-state index in [0.717, 1.165) is 82.3 Å². The minimum atomic E-state index is -0.146. The summed E-state index contributed by atoms with van der Waals surface area (Å²) in [6.07, 6.45) is 0. The summed E-state index contributed by atoms with van der Waals surface area (Å²) >= 11 is 0. The van der Waals surface area contributed by atoms with Gasteiger partial charge in [0.25, 0.3) is 0 Å². The van der Waals surface area contributed by atoms with E-state index in [2.05, 4.69) is 103 Å². The van der Waals surface area contributed by atoms with Crippen LogP contribution in [0.15, 0.2) is 241 Å². The van der Waals surface area contributed by atoms with E-state index in [1.54, 1.807) is 0 Å². The molecule has 0 aliphatic heterocycles. The molecule has 2 heteroatoms. The van der Waals surface area contributed by atoms with Crippen molar-refractivity contribution >= 4 is 71.3 Å². The molecule has 0 aliphatic carbocycles. The van der Waals surface area contributed by atoms with Crippen LogP contribution >= 0.6 is 0 Å². The molecule has 2 nitrogen and oxygen atoms in total. The van der Waals surface area contributed by atoms with Crippen LogP contribution in [0.2, 0.25) is 0 Å². The third-order valence-electron chi connectivity index (χ3n) is 12.1. The van der Waals surface area contributed by atoms with Crippen molar-refractivity contribution in [1.82, 2.24) is 0 Å². The molecule has 0 amide bonds. The van der Waals surface area contributed by atoms with Crippen LogP contribution in [-0.2, 0) is 0 Å². The van der Waals surface area contributed by atoms with Crippen LogP contribution in [0.4, 0.5) is 17.1 Å². The third kappa shape index (κ3) is 6.12. The highest BCUT2D eigenvalue weighted by Crippen LogP contribution is 2.46. The topological polar surface area (TPSA) is 16.4 Å². The fourth-order valence-corrected chi connectivity index (χ4v) is 9.11. The first-order chi connectivity index (χ1) is 32.4. The summed E-state index contributed by atoms with van der Waals surface area (Å²) in [6.45, 7) is 0. The maximum Gasteiger partial charge on any atom is 0.143 e. The van der Waals surface area contributed by atoms with Crippen LogP contribution in [0, 0.1) is 0 Å². The molecule has 1 aromatic heterocycles. The van der Waals surface area contributed by atoms with Crippen molar-refractivity contribution in [3.8, 4) is 44.5 Å². The molecule has 0 radical (unpaired) electrons. The van der Waals surface area contributed by atoms with E-state index in [1.807, 2.05) is 114 Å². The fraction of sp³-hybridized carbons (Fsp3) is 0. The van der Waals surface area contributed by atoms with Crippen LogP contribution in [-0.4, -0.2) is 0 Å². The van der Waals surface area contributed by atoms with E-state index < -0.39 is 0 Å². The van der Waals surface area contributed by atoms with Crippen molar-refractivity contribution in [3.05, 3.63) is 236 Å². The van der Waals surface area contributed by atoms with E-state index in [1.165, 1.54) is 5.39 Å². The molecule has 12 aromatic rings. The highest BCUT2D eigenvalue weighted by Gasteiger charge is 2.21. The summed E-state index contributed by atoms with van der Waals surface area (Å²) in [4.78, 5) is 1.90. The zero-order valence-electron chi connectivity index (χ0n) is 37.6. The molecule has 0 aliphatic rings. The van der Waals surface area contributed by atoms with Gasteiger partial charge in [-0.2, -0.15) is 0 Å². The van der Waals surface area contributed by atoms with Crippen LogP contribution in [0.1, 0.15) is 5.48 Å². The van der Waals surface area contributed by atoms with Crippen molar-refractivity contribution in [2.75, 3.05) is 4.90 Å². The second-order valence-corrected chi connectivity index (χ2v) is 15.7. The number of benzene rings is 11. The highest BCUT2D eigenvalue weighted by atomic mass is 16.3. The Bertz CT molecular complexity index is 3860. The summed E-state index contributed by atoms with van der Waals surface area (Å²) in [5.74, 6) is 0.